The first-order valence-corrected chi connectivity index (χ1v) is 8.30. The highest BCUT2D eigenvalue weighted by Gasteiger charge is 2.33. The molecule has 2 fully saturated rings. The number of benzene rings is 1. The Bertz CT molecular complexity index is 414. The van der Waals surface area contributed by atoms with E-state index >= 15 is 0 Å². The fourth-order valence-electron chi connectivity index (χ4n) is 3.58. The van der Waals surface area contributed by atoms with Crippen molar-refractivity contribution >= 4 is 0 Å². The van der Waals surface area contributed by atoms with Crippen LogP contribution in [0.1, 0.15) is 56.2 Å². The quantitative estimate of drug-likeness (QED) is 0.901. The van der Waals surface area contributed by atoms with Crippen LogP contribution in [0.25, 0.3) is 0 Å². The monoisotopic (exact) mass is 272 g/mol. The molecule has 0 spiro atoms. The van der Waals surface area contributed by atoms with Gasteiger partial charge in [-0.15, -0.1) is 0 Å². The van der Waals surface area contributed by atoms with Crippen molar-refractivity contribution in [2.24, 2.45) is 5.92 Å². The van der Waals surface area contributed by atoms with Crippen molar-refractivity contribution in [3.63, 3.8) is 0 Å². The Kier molecular flexibility index (Phi) is 4.42. The second-order valence-electron chi connectivity index (χ2n) is 6.74. The molecule has 0 radical (unpaired) electrons. The lowest BCUT2D eigenvalue weighted by molar-refractivity contribution is 0.0837. The maximum absolute atomic E-state index is 3.48. The topological polar surface area (TPSA) is 15.3 Å². The highest BCUT2D eigenvalue weighted by atomic mass is 15.2. The molecule has 1 saturated carbocycles. The zero-order chi connectivity index (χ0) is 13.9. The second kappa shape index (κ2) is 6.28. The summed E-state index contributed by atoms with van der Waals surface area (Å²) in [4.78, 5) is 2.71. The zero-order valence-corrected chi connectivity index (χ0v) is 12.9. The van der Waals surface area contributed by atoms with Gasteiger partial charge in [0.25, 0.3) is 0 Å². The fourth-order valence-corrected chi connectivity index (χ4v) is 3.58. The molecule has 0 bridgehead atoms. The zero-order valence-electron chi connectivity index (χ0n) is 12.9. The second-order valence-corrected chi connectivity index (χ2v) is 6.74. The van der Waals surface area contributed by atoms with E-state index in [1.807, 2.05) is 0 Å². The Balaban J connectivity index is 1.80. The van der Waals surface area contributed by atoms with Crippen LogP contribution in [-0.2, 0) is 0 Å². The molecule has 3 rings (SSSR count). The van der Waals surface area contributed by atoms with Crippen molar-refractivity contribution in [3.05, 3.63) is 35.4 Å². The average molecular weight is 272 g/mol. The fraction of sp³-hybridized carbons (Fsp3) is 0.667. The lowest BCUT2D eigenvalue weighted by Gasteiger charge is -2.43. The van der Waals surface area contributed by atoms with E-state index in [-0.39, 0.29) is 0 Å². The van der Waals surface area contributed by atoms with Gasteiger partial charge in [-0.3, -0.25) is 4.90 Å². The summed E-state index contributed by atoms with van der Waals surface area (Å²) in [5, 5.41) is 3.48. The molecule has 1 saturated heterocycles. The summed E-state index contributed by atoms with van der Waals surface area (Å²) in [6, 6.07) is 10.1. The van der Waals surface area contributed by atoms with Gasteiger partial charge in [-0.05, 0) is 35.8 Å². The van der Waals surface area contributed by atoms with Crippen molar-refractivity contribution in [3.8, 4) is 0 Å². The Morgan fingerprint density at radius 3 is 2.10 bits per heavy atom. The highest BCUT2D eigenvalue weighted by molar-refractivity contribution is 5.28. The Labute approximate surface area is 123 Å². The third kappa shape index (κ3) is 2.91. The minimum Gasteiger partial charge on any atom is -0.314 e. The molecule has 0 unspecified atom stereocenters. The molecule has 1 aliphatic carbocycles. The van der Waals surface area contributed by atoms with E-state index in [4.69, 9.17) is 0 Å². The van der Waals surface area contributed by atoms with Crippen LogP contribution in [0.15, 0.2) is 24.3 Å². The summed E-state index contributed by atoms with van der Waals surface area (Å²) in [5.74, 6) is 1.52. The van der Waals surface area contributed by atoms with Gasteiger partial charge in [0.15, 0.2) is 0 Å². The molecular weight excluding hydrogens is 244 g/mol. The first-order chi connectivity index (χ1) is 9.75. The summed E-state index contributed by atoms with van der Waals surface area (Å²) in [6.07, 6.45) is 4.26. The molecule has 1 aromatic carbocycles. The maximum Gasteiger partial charge on any atom is 0.0377 e. The molecule has 0 amide bonds. The van der Waals surface area contributed by atoms with Crippen molar-refractivity contribution in [2.45, 2.75) is 45.1 Å². The van der Waals surface area contributed by atoms with Gasteiger partial charge in [-0.2, -0.15) is 0 Å². The molecule has 2 nitrogen and oxygen atoms in total. The van der Waals surface area contributed by atoms with E-state index in [2.05, 4.69) is 48.3 Å². The number of hydrogen-bond acceptors (Lipinski definition) is 2. The molecule has 2 aliphatic rings. The van der Waals surface area contributed by atoms with E-state index in [1.54, 1.807) is 5.56 Å². The molecular formula is C18H28N2. The maximum atomic E-state index is 3.48. The molecule has 0 aromatic heterocycles. The SMILES string of the molecule is CC(C)c1ccc([C@H](C2CCC2)N2CCNCC2)cc1. The molecule has 1 aromatic rings. The lowest BCUT2D eigenvalue weighted by Crippen LogP contribution is -2.47. The summed E-state index contributed by atoms with van der Waals surface area (Å²) in [7, 11) is 0. The number of nitrogens with zero attached hydrogens (tertiary/aromatic N) is 1. The van der Waals surface area contributed by atoms with Gasteiger partial charge in [0, 0.05) is 32.2 Å². The third-order valence-corrected chi connectivity index (χ3v) is 5.09. The van der Waals surface area contributed by atoms with E-state index in [9.17, 15) is 0 Å². The lowest BCUT2D eigenvalue weighted by atomic mass is 9.76. The van der Waals surface area contributed by atoms with Crippen LogP contribution in [0.2, 0.25) is 0 Å². The van der Waals surface area contributed by atoms with Crippen LogP contribution in [0.4, 0.5) is 0 Å². The van der Waals surface area contributed by atoms with Gasteiger partial charge in [0.1, 0.15) is 0 Å². The van der Waals surface area contributed by atoms with Crippen molar-refractivity contribution in [1.82, 2.24) is 10.2 Å². The van der Waals surface area contributed by atoms with Gasteiger partial charge in [0.05, 0.1) is 0 Å². The largest absolute Gasteiger partial charge is 0.314 e. The average Bonchev–Trinajstić information content (AvgIpc) is 2.44. The molecule has 1 aliphatic heterocycles. The van der Waals surface area contributed by atoms with Crippen LogP contribution in [-0.4, -0.2) is 31.1 Å². The molecule has 1 N–H and O–H groups in total. The minimum atomic E-state index is 0.630. The van der Waals surface area contributed by atoms with Crippen molar-refractivity contribution in [2.75, 3.05) is 26.2 Å². The van der Waals surface area contributed by atoms with Gasteiger partial charge < -0.3 is 5.32 Å². The third-order valence-electron chi connectivity index (χ3n) is 5.09. The van der Waals surface area contributed by atoms with Gasteiger partial charge >= 0.3 is 0 Å². The number of nitrogens with one attached hydrogen (secondary N) is 1. The van der Waals surface area contributed by atoms with Crippen molar-refractivity contribution < 1.29 is 0 Å². The predicted octanol–water partition coefficient (Wildman–Crippen LogP) is 3.56. The Hall–Kier alpha value is -0.860. The molecule has 20 heavy (non-hydrogen) atoms. The Morgan fingerprint density at radius 2 is 1.60 bits per heavy atom. The molecule has 1 atom stereocenters. The van der Waals surface area contributed by atoms with Gasteiger partial charge in [0.2, 0.25) is 0 Å². The van der Waals surface area contributed by atoms with Crippen LogP contribution >= 0.6 is 0 Å². The molecule has 110 valence electrons. The smallest absolute Gasteiger partial charge is 0.0377 e. The normalized spacial score (nSPS) is 22.8. The molecule has 1 heterocycles. The molecule has 2 heteroatoms. The summed E-state index contributed by atoms with van der Waals surface area (Å²) in [5.41, 5.74) is 3.00. The summed E-state index contributed by atoms with van der Waals surface area (Å²) < 4.78 is 0. The number of hydrogen-bond donors (Lipinski definition) is 1. The number of rotatable bonds is 4. The Morgan fingerprint density at radius 1 is 1.00 bits per heavy atom. The first kappa shape index (κ1) is 14.1. The van der Waals surface area contributed by atoms with Gasteiger partial charge in [-0.1, -0.05) is 44.5 Å². The first-order valence-electron chi connectivity index (χ1n) is 8.30. The van der Waals surface area contributed by atoms with E-state index < -0.39 is 0 Å². The standard InChI is InChI=1S/C18H28N2/c1-14(2)15-6-8-17(9-7-15)18(16-4-3-5-16)20-12-10-19-11-13-20/h6-9,14,16,18-19H,3-5,10-13H2,1-2H3/t18-/m0/s1. The van der Waals surface area contributed by atoms with Crippen LogP contribution in [0.5, 0.6) is 0 Å². The van der Waals surface area contributed by atoms with E-state index in [0.717, 1.165) is 19.0 Å². The summed E-state index contributed by atoms with van der Waals surface area (Å²) >= 11 is 0. The minimum absolute atomic E-state index is 0.630. The predicted molar refractivity (Wildman–Crippen MR) is 85.1 cm³/mol. The number of piperazine rings is 1. The highest BCUT2D eigenvalue weighted by Crippen LogP contribution is 2.41. The van der Waals surface area contributed by atoms with E-state index in [0.29, 0.717) is 12.0 Å². The van der Waals surface area contributed by atoms with Crippen LogP contribution < -0.4 is 5.32 Å². The van der Waals surface area contributed by atoms with E-state index in [1.165, 1.54) is 37.9 Å². The summed E-state index contributed by atoms with van der Waals surface area (Å²) in [6.45, 7) is 9.24. The van der Waals surface area contributed by atoms with Crippen LogP contribution in [0, 0.1) is 5.92 Å². The van der Waals surface area contributed by atoms with Crippen LogP contribution in [0.3, 0.4) is 0 Å². The van der Waals surface area contributed by atoms with Crippen molar-refractivity contribution in [1.29, 1.82) is 0 Å². The van der Waals surface area contributed by atoms with Gasteiger partial charge in [-0.25, -0.2) is 0 Å².